The molecule has 94 valence electrons. The summed E-state index contributed by atoms with van der Waals surface area (Å²) in [5, 5.41) is 10.5. The fourth-order valence-corrected chi connectivity index (χ4v) is 2.69. The third kappa shape index (κ3) is 2.55. The predicted molar refractivity (Wildman–Crippen MR) is 74.5 cm³/mol. The second kappa shape index (κ2) is 5.25. The summed E-state index contributed by atoms with van der Waals surface area (Å²) in [5.74, 6) is 0.862. The lowest BCUT2D eigenvalue weighted by atomic mass is 10.1. The van der Waals surface area contributed by atoms with E-state index in [-0.39, 0.29) is 0 Å². The second-order valence-electron chi connectivity index (χ2n) is 5.08. The molecule has 1 aliphatic rings. The molecule has 3 nitrogen and oxygen atoms in total. The van der Waals surface area contributed by atoms with Crippen LogP contribution in [0.1, 0.15) is 25.7 Å². The SMILES string of the molecule is c1cc(NCC2CCCC2)cc(-c2ccn[nH]2)c1. The van der Waals surface area contributed by atoms with Crippen molar-refractivity contribution >= 4 is 5.69 Å². The lowest BCUT2D eigenvalue weighted by molar-refractivity contribution is 0.580. The van der Waals surface area contributed by atoms with Crippen LogP contribution in [0.3, 0.4) is 0 Å². The number of rotatable bonds is 4. The van der Waals surface area contributed by atoms with Gasteiger partial charge in [0.2, 0.25) is 0 Å². The largest absolute Gasteiger partial charge is 0.385 e. The zero-order chi connectivity index (χ0) is 12.2. The van der Waals surface area contributed by atoms with Crippen LogP contribution < -0.4 is 5.32 Å². The number of benzene rings is 1. The van der Waals surface area contributed by atoms with Crippen molar-refractivity contribution in [3.8, 4) is 11.3 Å². The van der Waals surface area contributed by atoms with Gasteiger partial charge in [0, 0.05) is 24.0 Å². The van der Waals surface area contributed by atoms with Crippen molar-refractivity contribution in [2.75, 3.05) is 11.9 Å². The molecule has 0 amide bonds. The summed E-state index contributed by atoms with van der Waals surface area (Å²) in [4.78, 5) is 0. The highest BCUT2D eigenvalue weighted by Crippen LogP contribution is 2.26. The Balaban J connectivity index is 1.67. The molecule has 0 atom stereocenters. The predicted octanol–water partition coefficient (Wildman–Crippen LogP) is 3.68. The van der Waals surface area contributed by atoms with Crippen LogP contribution in [0.4, 0.5) is 5.69 Å². The first-order valence-corrected chi connectivity index (χ1v) is 6.75. The Kier molecular flexibility index (Phi) is 3.31. The van der Waals surface area contributed by atoms with Gasteiger partial charge in [0.15, 0.2) is 0 Å². The van der Waals surface area contributed by atoms with Gasteiger partial charge in [-0.3, -0.25) is 5.10 Å². The van der Waals surface area contributed by atoms with Gasteiger partial charge < -0.3 is 5.32 Å². The number of hydrogen-bond donors (Lipinski definition) is 2. The normalized spacial score (nSPS) is 16.0. The maximum Gasteiger partial charge on any atom is 0.0650 e. The topological polar surface area (TPSA) is 40.7 Å². The van der Waals surface area contributed by atoms with E-state index in [4.69, 9.17) is 0 Å². The molecule has 0 spiro atoms. The molecular formula is C15H19N3. The number of H-pyrrole nitrogens is 1. The molecule has 18 heavy (non-hydrogen) atoms. The summed E-state index contributed by atoms with van der Waals surface area (Å²) < 4.78 is 0. The van der Waals surface area contributed by atoms with Gasteiger partial charge in [-0.15, -0.1) is 0 Å². The molecule has 1 aromatic carbocycles. The van der Waals surface area contributed by atoms with Crippen molar-refractivity contribution in [2.24, 2.45) is 5.92 Å². The van der Waals surface area contributed by atoms with Crippen molar-refractivity contribution in [2.45, 2.75) is 25.7 Å². The molecule has 3 heteroatoms. The van der Waals surface area contributed by atoms with Crippen LogP contribution in [0.15, 0.2) is 36.5 Å². The number of nitrogens with one attached hydrogen (secondary N) is 2. The molecule has 2 N–H and O–H groups in total. The van der Waals surface area contributed by atoms with Crippen LogP contribution >= 0.6 is 0 Å². The summed E-state index contributed by atoms with van der Waals surface area (Å²) in [6.07, 6.45) is 7.36. The standard InChI is InChI=1S/C15H19N3/c1-2-5-12(4-1)11-16-14-7-3-6-13(10-14)15-8-9-17-18-15/h3,6-10,12,16H,1-2,4-5,11H2,(H,17,18). The molecule has 0 bridgehead atoms. The Labute approximate surface area is 108 Å². The number of hydrogen-bond acceptors (Lipinski definition) is 2. The van der Waals surface area contributed by atoms with Gasteiger partial charge in [-0.05, 0) is 37.0 Å². The summed E-state index contributed by atoms with van der Waals surface area (Å²) in [6.45, 7) is 1.10. The van der Waals surface area contributed by atoms with E-state index in [0.29, 0.717) is 0 Å². The van der Waals surface area contributed by atoms with Gasteiger partial charge in [-0.2, -0.15) is 5.10 Å². The van der Waals surface area contributed by atoms with E-state index in [2.05, 4.69) is 39.8 Å². The molecule has 0 aliphatic heterocycles. The molecule has 0 saturated heterocycles. The highest BCUT2D eigenvalue weighted by atomic mass is 15.1. The Hall–Kier alpha value is -1.77. The van der Waals surface area contributed by atoms with Gasteiger partial charge >= 0.3 is 0 Å². The molecule has 1 aliphatic carbocycles. The van der Waals surface area contributed by atoms with Crippen LogP contribution in [0.25, 0.3) is 11.3 Å². The molecule has 1 saturated carbocycles. The zero-order valence-electron chi connectivity index (χ0n) is 10.5. The molecule has 1 fully saturated rings. The van der Waals surface area contributed by atoms with E-state index in [1.165, 1.54) is 36.9 Å². The maximum absolute atomic E-state index is 3.99. The summed E-state index contributed by atoms with van der Waals surface area (Å²) in [6, 6.07) is 10.5. The smallest absolute Gasteiger partial charge is 0.0650 e. The number of aromatic amines is 1. The second-order valence-corrected chi connectivity index (χ2v) is 5.08. The molecule has 1 aromatic heterocycles. The van der Waals surface area contributed by atoms with E-state index < -0.39 is 0 Å². The van der Waals surface area contributed by atoms with Gasteiger partial charge in [-0.25, -0.2) is 0 Å². The Morgan fingerprint density at radius 2 is 2.11 bits per heavy atom. The summed E-state index contributed by atoms with van der Waals surface area (Å²) in [7, 11) is 0. The molecule has 0 radical (unpaired) electrons. The van der Waals surface area contributed by atoms with Crippen LogP contribution in [-0.4, -0.2) is 16.7 Å². The highest BCUT2D eigenvalue weighted by molar-refractivity contribution is 5.64. The summed E-state index contributed by atoms with van der Waals surface area (Å²) >= 11 is 0. The van der Waals surface area contributed by atoms with E-state index in [9.17, 15) is 0 Å². The molecule has 2 aromatic rings. The van der Waals surface area contributed by atoms with E-state index in [1.807, 2.05) is 6.07 Å². The first kappa shape index (κ1) is 11.3. The van der Waals surface area contributed by atoms with E-state index in [0.717, 1.165) is 18.2 Å². The average molecular weight is 241 g/mol. The third-order valence-electron chi connectivity index (χ3n) is 3.74. The Morgan fingerprint density at radius 1 is 1.22 bits per heavy atom. The summed E-state index contributed by atoms with van der Waals surface area (Å²) in [5.41, 5.74) is 3.46. The van der Waals surface area contributed by atoms with Gasteiger partial charge in [-0.1, -0.05) is 25.0 Å². The van der Waals surface area contributed by atoms with Gasteiger partial charge in [0.05, 0.1) is 5.69 Å². The van der Waals surface area contributed by atoms with E-state index in [1.54, 1.807) is 6.20 Å². The van der Waals surface area contributed by atoms with Crippen LogP contribution in [0, 0.1) is 5.92 Å². The fraction of sp³-hybridized carbons (Fsp3) is 0.400. The van der Waals surface area contributed by atoms with Crippen molar-refractivity contribution < 1.29 is 0 Å². The lowest BCUT2D eigenvalue weighted by Crippen LogP contribution is -2.10. The first-order chi connectivity index (χ1) is 8.92. The van der Waals surface area contributed by atoms with Crippen molar-refractivity contribution in [3.05, 3.63) is 36.5 Å². The Bertz CT molecular complexity index is 484. The molecule has 1 heterocycles. The lowest BCUT2D eigenvalue weighted by Gasteiger charge is -2.12. The van der Waals surface area contributed by atoms with Crippen LogP contribution in [0.5, 0.6) is 0 Å². The van der Waals surface area contributed by atoms with Crippen LogP contribution in [0.2, 0.25) is 0 Å². The first-order valence-electron chi connectivity index (χ1n) is 6.75. The number of nitrogens with zero attached hydrogens (tertiary/aromatic N) is 1. The monoisotopic (exact) mass is 241 g/mol. The van der Waals surface area contributed by atoms with Gasteiger partial charge in [0.25, 0.3) is 0 Å². The van der Waals surface area contributed by atoms with Crippen LogP contribution in [-0.2, 0) is 0 Å². The van der Waals surface area contributed by atoms with Crippen molar-refractivity contribution in [1.82, 2.24) is 10.2 Å². The molecule has 3 rings (SSSR count). The number of aromatic nitrogens is 2. The highest BCUT2D eigenvalue weighted by Gasteiger charge is 2.14. The van der Waals surface area contributed by atoms with E-state index >= 15 is 0 Å². The minimum Gasteiger partial charge on any atom is -0.385 e. The maximum atomic E-state index is 3.99. The fourth-order valence-electron chi connectivity index (χ4n) is 2.69. The zero-order valence-corrected chi connectivity index (χ0v) is 10.5. The third-order valence-corrected chi connectivity index (χ3v) is 3.74. The molecular weight excluding hydrogens is 222 g/mol. The Morgan fingerprint density at radius 3 is 2.89 bits per heavy atom. The average Bonchev–Trinajstić information content (AvgIpc) is 3.10. The van der Waals surface area contributed by atoms with Gasteiger partial charge in [0.1, 0.15) is 0 Å². The quantitative estimate of drug-likeness (QED) is 0.857. The van der Waals surface area contributed by atoms with Crippen molar-refractivity contribution in [3.63, 3.8) is 0 Å². The number of anilines is 1. The van der Waals surface area contributed by atoms with Crippen molar-refractivity contribution in [1.29, 1.82) is 0 Å². The minimum atomic E-state index is 0.862. The molecule has 0 unspecified atom stereocenters. The minimum absolute atomic E-state index is 0.862.